The summed E-state index contributed by atoms with van der Waals surface area (Å²) in [5.74, 6) is 1.28. The van der Waals surface area contributed by atoms with Crippen LogP contribution in [0.2, 0.25) is 5.02 Å². The summed E-state index contributed by atoms with van der Waals surface area (Å²) in [5.41, 5.74) is -0.368. The van der Waals surface area contributed by atoms with Crippen LogP contribution in [0.1, 0.15) is 25.7 Å². The molecule has 1 N–H and O–H groups in total. The summed E-state index contributed by atoms with van der Waals surface area (Å²) in [6, 6.07) is 6.86. The molecule has 3 rings (SSSR count). The number of nitrogens with one attached hydrogen (secondary N) is 1. The zero-order chi connectivity index (χ0) is 13.3. The molecule has 1 unspecified atom stereocenters. The summed E-state index contributed by atoms with van der Waals surface area (Å²) in [4.78, 5) is 4.28. The van der Waals surface area contributed by atoms with E-state index in [4.69, 9.17) is 11.6 Å². The molecule has 2 fully saturated rings. The molecule has 19 heavy (non-hydrogen) atoms. The van der Waals surface area contributed by atoms with Crippen molar-refractivity contribution in [2.24, 2.45) is 5.92 Å². The molecule has 2 aliphatic rings. The van der Waals surface area contributed by atoms with E-state index in [2.05, 4.69) is 16.4 Å². The van der Waals surface area contributed by atoms with Crippen molar-refractivity contribution in [1.29, 1.82) is 5.26 Å². The second-order valence-electron chi connectivity index (χ2n) is 5.38. The van der Waals surface area contributed by atoms with Crippen molar-refractivity contribution < 1.29 is 0 Å². The Labute approximate surface area is 122 Å². The lowest BCUT2D eigenvalue weighted by Crippen LogP contribution is -2.49. The van der Waals surface area contributed by atoms with Crippen LogP contribution >= 0.6 is 23.4 Å². The minimum Gasteiger partial charge on any atom is -0.296 e. The standard InChI is InChI=1S/C14H16ClN3S/c15-11-3-6-13(17-7-11)19-9-14(8-16,10-1-2-10)18-12-4-5-12/h3,6-7,10,12,18H,1-2,4-5,9H2. The van der Waals surface area contributed by atoms with E-state index in [0.29, 0.717) is 17.0 Å². The number of nitriles is 1. The molecule has 0 aliphatic heterocycles. The minimum absolute atomic E-state index is 0.368. The van der Waals surface area contributed by atoms with Crippen LogP contribution in [0, 0.1) is 17.2 Å². The number of pyridine rings is 1. The van der Waals surface area contributed by atoms with E-state index in [1.165, 1.54) is 25.7 Å². The highest BCUT2D eigenvalue weighted by molar-refractivity contribution is 7.99. The average molecular weight is 294 g/mol. The summed E-state index contributed by atoms with van der Waals surface area (Å²) < 4.78 is 0. The van der Waals surface area contributed by atoms with Gasteiger partial charge in [0.2, 0.25) is 0 Å². The number of thioether (sulfide) groups is 1. The Balaban J connectivity index is 1.67. The Morgan fingerprint density at radius 3 is 2.74 bits per heavy atom. The maximum Gasteiger partial charge on any atom is 0.119 e. The molecule has 1 aromatic rings. The van der Waals surface area contributed by atoms with Crippen LogP contribution in [0.4, 0.5) is 0 Å². The lowest BCUT2D eigenvalue weighted by atomic mass is 9.97. The molecule has 2 aliphatic carbocycles. The van der Waals surface area contributed by atoms with Gasteiger partial charge in [0.1, 0.15) is 5.54 Å². The largest absolute Gasteiger partial charge is 0.296 e. The van der Waals surface area contributed by atoms with Crippen molar-refractivity contribution in [1.82, 2.24) is 10.3 Å². The number of hydrogen-bond donors (Lipinski definition) is 1. The zero-order valence-corrected chi connectivity index (χ0v) is 12.2. The molecule has 0 saturated heterocycles. The minimum atomic E-state index is -0.368. The molecule has 0 spiro atoms. The topological polar surface area (TPSA) is 48.7 Å². The first-order valence-corrected chi connectivity index (χ1v) is 8.01. The van der Waals surface area contributed by atoms with Gasteiger partial charge in [-0.15, -0.1) is 11.8 Å². The van der Waals surface area contributed by atoms with Crippen molar-refractivity contribution in [3.05, 3.63) is 23.4 Å². The number of halogens is 1. The third kappa shape index (κ3) is 3.22. The van der Waals surface area contributed by atoms with Gasteiger partial charge in [0.15, 0.2) is 0 Å². The fraction of sp³-hybridized carbons (Fsp3) is 0.571. The first-order chi connectivity index (χ1) is 9.22. The van der Waals surface area contributed by atoms with Crippen LogP contribution in [0.25, 0.3) is 0 Å². The molecule has 1 atom stereocenters. The van der Waals surface area contributed by atoms with Gasteiger partial charge < -0.3 is 0 Å². The van der Waals surface area contributed by atoms with Gasteiger partial charge in [0.05, 0.1) is 16.1 Å². The van der Waals surface area contributed by atoms with Crippen molar-refractivity contribution in [3.8, 4) is 6.07 Å². The van der Waals surface area contributed by atoms with Gasteiger partial charge in [-0.3, -0.25) is 5.32 Å². The number of nitrogens with zero attached hydrogens (tertiary/aromatic N) is 2. The molecule has 1 aromatic heterocycles. The van der Waals surface area contributed by atoms with Gasteiger partial charge in [-0.05, 0) is 43.7 Å². The number of aromatic nitrogens is 1. The summed E-state index contributed by atoms with van der Waals surface area (Å²) in [6.07, 6.45) is 6.41. The normalized spacial score (nSPS) is 21.7. The van der Waals surface area contributed by atoms with E-state index in [-0.39, 0.29) is 5.54 Å². The number of hydrogen-bond acceptors (Lipinski definition) is 4. The fourth-order valence-electron chi connectivity index (χ4n) is 2.24. The van der Waals surface area contributed by atoms with Crippen LogP contribution in [0.5, 0.6) is 0 Å². The molecule has 2 saturated carbocycles. The summed E-state index contributed by atoms with van der Waals surface area (Å²) in [5, 5.41) is 14.8. The van der Waals surface area contributed by atoms with E-state index >= 15 is 0 Å². The Hall–Kier alpha value is -0.760. The average Bonchev–Trinajstić information content (AvgIpc) is 3.28. The first kappa shape index (κ1) is 13.2. The molecule has 1 heterocycles. The van der Waals surface area contributed by atoms with Crippen molar-refractivity contribution in [2.45, 2.75) is 42.3 Å². The smallest absolute Gasteiger partial charge is 0.119 e. The van der Waals surface area contributed by atoms with E-state index in [0.717, 1.165) is 10.8 Å². The molecule has 0 amide bonds. The van der Waals surface area contributed by atoms with Crippen molar-refractivity contribution in [3.63, 3.8) is 0 Å². The Morgan fingerprint density at radius 1 is 1.42 bits per heavy atom. The zero-order valence-electron chi connectivity index (χ0n) is 10.6. The highest BCUT2D eigenvalue weighted by Gasteiger charge is 2.48. The second kappa shape index (κ2) is 5.32. The predicted octanol–water partition coefficient (Wildman–Crippen LogP) is 3.25. The lowest BCUT2D eigenvalue weighted by Gasteiger charge is -2.27. The van der Waals surface area contributed by atoms with E-state index in [1.54, 1.807) is 18.0 Å². The Kier molecular flexibility index (Phi) is 3.70. The molecule has 100 valence electrons. The van der Waals surface area contributed by atoms with E-state index < -0.39 is 0 Å². The molecule has 3 nitrogen and oxygen atoms in total. The van der Waals surface area contributed by atoms with Crippen LogP contribution in [-0.2, 0) is 0 Å². The summed E-state index contributed by atoms with van der Waals surface area (Å²) in [7, 11) is 0. The molecular weight excluding hydrogens is 278 g/mol. The van der Waals surface area contributed by atoms with Gasteiger partial charge in [-0.1, -0.05) is 11.6 Å². The Morgan fingerprint density at radius 2 is 2.21 bits per heavy atom. The van der Waals surface area contributed by atoms with Crippen LogP contribution < -0.4 is 5.32 Å². The van der Waals surface area contributed by atoms with Crippen molar-refractivity contribution >= 4 is 23.4 Å². The van der Waals surface area contributed by atoms with Crippen LogP contribution in [0.15, 0.2) is 23.4 Å². The van der Waals surface area contributed by atoms with Gasteiger partial charge in [0.25, 0.3) is 0 Å². The van der Waals surface area contributed by atoms with Gasteiger partial charge in [0, 0.05) is 18.0 Å². The molecule has 0 aromatic carbocycles. The van der Waals surface area contributed by atoms with Crippen LogP contribution in [-0.4, -0.2) is 22.3 Å². The van der Waals surface area contributed by atoms with Crippen LogP contribution in [0.3, 0.4) is 0 Å². The second-order valence-corrected chi connectivity index (χ2v) is 6.81. The molecule has 0 bridgehead atoms. The molecule has 5 heteroatoms. The summed E-state index contributed by atoms with van der Waals surface area (Å²) >= 11 is 7.47. The molecule has 0 radical (unpaired) electrons. The quantitative estimate of drug-likeness (QED) is 0.818. The molecular formula is C14H16ClN3S. The van der Waals surface area contributed by atoms with Gasteiger partial charge in [-0.25, -0.2) is 4.98 Å². The predicted molar refractivity (Wildman–Crippen MR) is 77.2 cm³/mol. The van der Waals surface area contributed by atoms with Gasteiger partial charge >= 0.3 is 0 Å². The fourth-order valence-corrected chi connectivity index (χ4v) is 3.40. The first-order valence-electron chi connectivity index (χ1n) is 6.65. The third-order valence-electron chi connectivity index (χ3n) is 3.66. The van der Waals surface area contributed by atoms with Gasteiger partial charge in [-0.2, -0.15) is 5.26 Å². The third-order valence-corrected chi connectivity index (χ3v) is 5.02. The van der Waals surface area contributed by atoms with E-state index in [9.17, 15) is 5.26 Å². The SMILES string of the molecule is N#CC(CSc1ccc(Cl)cn1)(NC1CC1)C1CC1. The summed E-state index contributed by atoms with van der Waals surface area (Å²) in [6.45, 7) is 0. The van der Waals surface area contributed by atoms with E-state index in [1.807, 2.05) is 12.1 Å². The maximum absolute atomic E-state index is 9.62. The lowest BCUT2D eigenvalue weighted by molar-refractivity contribution is 0.401. The highest BCUT2D eigenvalue weighted by atomic mass is 35.5. The Bertz CT molecular complexity index is 490. The number of rotatable bonds is 6. The highest BCUT2D eigenvalue weighted by Crippen LogP contribution is 2.43. The monoisotopic (exact) mass is 293 g/mol. The maximum atomic E-state index is 9.62. The van der Waals surface area contributed by atoms with Crippen molar-refractivity contribution in [2.75, 3.05) is 5.75 Å².